The predicted molar refractivity (Wildman–Crippen MR) is 76.3 cm³/mol. The summed E-state index contributed by atoms with van der Waals surface area (Å²) in [6.07, 6.45) is -3.50. The Kier molecular flexibility index (Phi) is 4.40. The zero-order valence-electron chi connectivity index (χ0n) is 12.3. The van der Waals surface area contributed by atoms with Crippen LogP contribution in [0.4, 0.5) is 27.8 Å². The Morgan fingerprint density at radius 2 is 1.88 bits per heavy atom. The van der Waals surface area contributed by atoms with Crippen molar-refractivity contribution in [1.82, 2.24) is 4.98 Å². The first kappa shape index (κ1) is 16.6. The highest BCUT2D eigenvalue weighted by molar-refractivity contribution is 5.41. The molecule has 2 heterocycles. The molecule has 0 aliphatic carbocycles. The highest BCUT2D eigenvalue weighted by Gasteiger charge is 2.33. The third-order valence-corrected chi connectivity index (χ3v) is 3.78. The molecular formula is C16H13F5N2O. The molecule has 1 aliphatic rings. The lowest BCUT2D eigenvalue weighted by molar-refractivity contribution is -0.137. The zero-order chi connectivity index (χ0) is 17.3. The lowest BCUT2D eigenvalue weighted by Gasteiger charge is -2.21. The summed E-state index contributed by atoms with van der Waals surface area (Å²) in [5.41, 5.74) is -0.404. The number of anilines is 1. The van der Waals surface area contributed by atoms with Crippen molar-refractivity contribution in [3.05, 3.63) is 59.3 Å². The zero-order valence-corrected chi connectivity index (χ0v) is 12.3. The number of aromatic nitrogens is 1. The van der Waals surface area contributed by atoms with Gasteiger partial charge in [-0.25, -0.2) is 13.8 Å². The summed E-state index contributed by atoms with van der Waals surface area (Å²) in [5, 5.41) is 2.88. The van der Waals surface area contributed by atoms with E-state index in [4.69, 9.17) is 4.74 Å². The van der Waals surface area contributed by atoms with Gasteiger partial charge in [0.05, 0.1) is 11.6 Å². The van der Waals surface area contributed by atoms with Crippen LogP contribution in [0.1, 0.15) is 23.7 Å². The normalized spacial score (nSPS) is 21.0. The maximum absolute atomic E-state index is 13.4. The van der Waals surface area contributed by atoms with Gasteiger partial charge < -0.3 is 10.1 Å². The predicted octanol–water partition coefficient (Wildman–Crippen LogP) is 4.32. The van der Waals surface area contributed by atoms with Crippen LogP contribution >= 0.6 is 0 Å². The largest absolute Gasteiger partial charge is 0.416 e. The fraction of sp³-hybridized carbons (Fsp3) is 0.312. The van der Waals surface area contributed by atoms with Crippen molar-refractivity contribution in [2.24, 2.45) is 0 Å². The molecule has 0 spiro atoms. The van der Waals surface area contributed by atoms with E-state index in [-0.39, 0.29) is 5.82 Å². The molecule has 3 rings (SSSR count). The van der Waals surface area contributed by atoms with Crippen molar-refractivity contribution in [1.29, 1.82) is 0 Å². The standard InChI is InChI=1S/C16H13F5N2O/c17-11-2-1-9(7-12(11)18)15-13(4-6-24-15)23-14-8-10(3-5-22-14)16(19,20)21/h1-3,5,7-8,13,15H,4,6H2,(H,22,23). The monoisotopic (exact) mass is 344 g/mol. The molecule has 1 aromatic carbocycles. The lowest BCUT2D eigenvalue weighted by Crippen LogP contribution is -2.24. The molecule has 3 nitrogen and oxygen atoms in total. The summed E-state index contributed by atoms with van der Waals surface area (Å²) in [6, 6.07) is 4.80. The Bertz CT molecular complexity index is 735. The average molecular weight is 344 g/mol. The minimum absolute atomic E-state index is 0.0490. The molecule has 0 saturated carbocycles. The highest BCUT2D eigenvalue weighted by atomic mass is 19.4. The second-order valence-corrected chi connectivity index (χ2v) is 5.43. The number of halogens is 5. The number of ether oxygens (including phenoxy) is 1. The SMILES string of the molecule is Fc1ccc(C2OCCC2Nc2cc(C(F)(F)F)ccn2)cc1F. The first-order valence-corrected chi connectivity index (χ1v) is 7.21. The first-order valence-electron chi connectivity index (χ1n) is 7.21. The van der Waals surface area contributed by atoms with Gasteiger partial charge in [-0.15, -0.1) is 0 Å². The smallest absolute Gasteiger partial charge is 0.371 e. The van der Waals surface area contributed by atoms with E-state index in [1.165, 1.54) is 6.07 Å². The molecule has 1 aliphatic heterocycles. The average Bonchev–Trinajstić information content (AvgIpc) is 2.97. The Labute approximate surface area is 134 Å². The molecular weight excluding hydrogens is 331 g/mol. The lowest BCUT2D eigenvalue weighted by atomic mass is 10.0. The van der Waals surface area contributed by atoms with Crippen LogP contribution in [0, 0.1) is 11.6 Å². The van der Waals surface area contributed by atoms with E-state index >= 15 is 0 Å². The van der Waals surface area contributed by atoms with Crippen molar-refractivity contribution in [3.63, 3.8) is 0 Å². The number of hydrogen-bond donors (Lipinski definition) is 1. The number of benzene rings is 1. The van der Waals surface area contributed by atoms with E-state index in [0.29, 0.717) is 18.6 Å². The summed E-state index contributed by atoms with van der Waals surface area (Å²) in [4.78, 5) is 3.88. The van der Waals surface area contributed by atoms with Crippen LogP contribution < -0.4 is 5.32 Å². The van der Waals surface area contributed by atoms with Crippen LogP contribution in [-0.2, 0) is 10.9 Å². The highest BCUT2D eigenvalue weighted by Crippen LogP contribution is 2.34. The number of alkyl halides is 3. The maximum Gasteiger partial charge on any atom is 0.416 e. The molecule has 8 heteroatoms. The van der Waals surface area contributed by atoms with Gasteiger partial charge in [0.1, 0.15) is 11.9 Å². The summed E-state index contributed by atoms with van der Waals surface area (Å²) < 4.78 is 70.2. The summed E-state index contributed by atoms with van der Waals surface area (Å²) >= 11 is 0. The summed E-state index contributed by atoms with van der Waals surface area (Å²) in [6.45, 7) is 0.348. The van der Waals surface area contributed by atoms with E-state index in [1.807, 2.05) is 0 Å². The fourth-order valence-electron chi connectivity index (χ4n) is 2.63. The second kappa shape index (κ2) is 6.35. The van der Waals surface area contributed by atoms with Crippen molar-refractivity contribution < 1.29 is 26.7 Å². The molecule has 128 valence electrons. The maximum atomic E-state index is 13.4. The molecule has 1 N–H and O–H groups in total. The number of rotatable bonds is 3. The second-order valence-electron chi connectivity index (χ2n) is 5.43. The van der Waals surface area contributed by atoms with Gasteiger partial charge in [0.25, 0.3) is 0 Å². The van der Waals surface area contributed by atoms with Crippen LogP contribution in [0.2, 0.25) is 0 Å². The van der Waals surface area contributed by atoms with Crippen molar-refractivity contribution in [3.8, 4) is 0 Å². The summed E-state index contributed by atoms with van der Waals surface area (Å²) in [5.74, 6) is -1.92. The quantitative estimate of drug-likeness (QED) is 0.842. The third kappa shape index (κ3) is 3.48. The van der Waals surface area contributed by atoms with Crippen LogP contribution in [0.5, 0.6) is 0 Å². The molecule has 0 bridgehead atoms. The van der Waals surface area contributed by atoms with Gasteiger partial charge in [0.15, 0.2) is 11.6 Å². The van der Waals surface area contributed by atoms with Crippen molar-refractivity contribution in [2.45, 2.75) is 24.7 Å². The van der Waals surface area contributed by atoms with Gasteiger partial charge in [-0.05, 0) is 36.2 Å². The van der Waals surface area contributed by atoms with Crippen LogP contribution in [0.15, 0.2) is 36.5 Å². The minimum Gasteiger partial charge on any atom is -0.371 e. The van der Waals surface area contributed by atoms with E-state index in [9.17, 15) is 22.0 Å². The van der Waals surface area contributed by atoms with E-state index in [0.717, 1.165) is 30.5 Å². The Morgan fingerprint density at radius 3 is 2.58 bits per heavy atom. The van der Waals surface area contributed by atoms with Gasteiger partial charge in [-0.2, -0.15) is 13.2 Å². The third-order valence-electron chi connectivity index (χ3n) is 3.78. The topological polar surface area (TPSA) is 34.1 Å². The molecule has 0 amide bonds. The van der Waals surface area contributed by atoms with Gasteiger partial charge in [0, 0.05) is 12.8 Å². The van der Waals surface area contributed by atoms with Crippen molar-refractivity contribution >= 4 is 5.82 Å². The van der Waals surface area contributed by atoms with Gasteiger partial charge in [-0.3, -0.25) is 0 Å². The number of nitrogens with one attached hydrogen (secondary N) is 1. The first-order chi connectivity index (χ1) is 11.3. The molecule has 1 fully saturated rings. The van der Waals surface area contributed by atoms with E-state index < -0.39 is 35.5 Å². The Hall–Kier alpha value is -2.22. The van der Waals surface area contributed by atoms with Gasteiger partial charge >= 0.3 is 6.18 Å². The molecule has 1 aromatic heterocycles. The molecule has 2 unspecified atom stereocenters. The minimum atomic E-state index is -4.47. The summed E-state index contributed by atoms with van der Waals surface area (Å²) in [7, 11) is 0. The van der Waals surface area contributed by atoms with E-state index in [1.54, 1.807) is 0 Å². The molecule has 2 atom stereocenters. The van der Waals surface area contributed by atoms with Crippen LogP contribution in [0.25, 0.3) is 0 Å². The Balaban J connectivity index is 1.80. The molecule has 2 aromatic rings. The molecule has 24 heavy (non-hydrogen) atoms. The fourth-order valence-corrected chi connectivity index (χ4v) is 2.63. The Morgan fingerprint density at radius 1 is 1.08 bits per heavy atom. The number of hydrogen-bond acceptors (Lipinski definition) is 3. The number of pyridine rings is 1. The van der Waals surface area contributed by atoms with Gasteiger partial charge in [-0.1, -0.05) is 6.07 Å². The van der Waals surface area contributed by atoms with Crippen LogP contribution in [0.3, 0.4) is 0 Å². The van der Waals surface area contributed by atoms with Crippen LogP contribution in [-0.4, -0.2) is 17.6 Å². The molecule has 1 saturated heterocycles. The molecule has 0 radical (unpaired) electrons. The van der Waals surface area contributed by atoms with Gasteiger partial charge in [0.2, 0.25) is 0 Å². The van der Waals surface area contributed by atoms with Crippen molar-refractivity contribution in [2.75, 3.05) is 11.9 Å². The van der Waals surface area contributed by atoms with E-state index in [2.05, 4.69) is 10.3 Å². The number of nitrogens with zero attached hydrogens (tertiary/aromatic N) is 1.